The molecular weight excluding hydrogens is 529 g/mol. The van der Waals surface area contributed by atoms with E-state index in [1.54, 1.807) is 19.4 Å². The van der Waals surface area contributed by atoms with E-state index in [1.807, 2.05) is 30.3 Å². The van der Waals surface area contributed by atoms with Crippen LogP contribution in [0.2, 0.25) is 0 Å². The molecule has 0 bridgehead atoms. The Kier molecular flexibility index (Phi) is 8.00. The fourth-order valence-electron chi connectivity index (χ4n) is 6.23. The van der Waals surface area contributed by atoms with Gasteiger partial charge in [0.2, 0.25) is 0 Å². The number of halogens is 1. The highest BCUT2D eigenvalue weighted by atomic mass is 19.1. The lowest BCUT2D eigenvalue weighted by Crippen LogP contribution is -2.35. The van der Waals surface area contributed by atoms with E-state index in [4.69, 9.17) is 4.74 Å². The number of hydrogen-bond donors (Lipinski definition) is 5. The molecule has 6 rings (SSSR count). The molecule has 1 fully saturated rings. The maximum Gasteiger partial charge on any atom is 0.155 e. The fourth-order valence-corrected chi connectivity index (χ4v) is 6.23. The van der Waals surface area contributed by atoms with Crippen molar-refractivity contribution in [3.8, 4) is 28.0 Å². The first-order valence-electron chi connectivity index (χ1n) is 14.7. The Morgan fingerprint density at radius 1 is 0.976 bits per heavy atom. The van der Waals surface area contributed by atoms with E-state index < -0.39 is 0 Å². The van der Waals surface area contributed by atoms with Crippen LogP contribution in [0, 0.1) is 19.7 Å². The number of rotatable bonds is 8. The van der Waals surface area contributed by atoms with Crippen LogP contribution in [0.1, 0.15) is 36.0 Å². The molecule has 42 heavy (non-hydrogen) atoms. The van der Waals surface area contributed by atoms with Crippen LogP contribution in [0.15, 0.2) is 60.8 Å². The third-order valence-corrected chi connectivity index (χ3v) is 8.61. The summed E-state index contributed by atoms with van der Waals surface area (Å²) >= 11 is 0. The molecule has 7 nitrogen and oxygen atoms in total. The van der Waals surface area contributed by atoms with Crippen LogP contribution in [0.25, 0.3) is 22.3 Å². The highest BCUT2D eigenvalue weighted by Gasteiger charge is 2.25. The summed E-state index contributed by atoms with van der Waals surface area (Å²) in [5.41, 5.74) is 9.50. The number of methoxy groups -OCH3 is 1. The topological polar surface area (TPSA) is 90.5 Å². The number of ether oxygens (including phenoxy) is 1. The molecule has 2 atom stereocenters. The second-order valence-corrected chi connectivity index (χ2v) is 11.1. The number of aliphatic hydroxyl groups excluding tert-OH is 1. The first-order chi connectivity index (χ1) is 20.4. The minimum Gasteiger partial charge on any atom is -0.496 e. The van der Waals surface area contributed by atoms with Crippen LogP contribution < -0.4 is 26.0 Å². The van der Waals surface area contributed by atoms with Gasteiger partial charge in [-0.1, -0.05) is 30.3 Å². The van der Waals surface area contributed by atoms with E-state index in [1.165, 1.54) is 0 Å². The molecule has 2 aliphatic rings. The minimum absolute atomic E-state index is 0.0165. The standard InChI is InChI=1S/C34H38FN5O2/c1-20-23(22-17-27(35)26(32(18-22)42-3)19-39-29-11-6-12-31(29)41)7-4-8-24(20)25-9-5-10-28(21(25)2)40-34-33-30(13-14-38-34)36-15-16-37-33/h4-5,7-10,13-14,17-18,29,31,36-37,39,41H,6,11-12,15-16,19H2,1-3H3,(H,38,40)/t29-,31+/m1/s1. The average molecular weight is 568 g/mol. The van der Waals surface area contributed by atoms with Crippen LogP contribution >= 0.6 is 0 Å². The third kappa shape index (κ3) is 5.40. The monoisotopic (exact) mass is 567 g/mol. The third-order valence-electron chi connectivity index (χ3n) is 8.61. The molecule has 1 saturated carbocycles. The smallest absolute Gasteiger partial charge is 0.155 e. The molecule has 1 aliphatic carbocycles. The van der Waals surface area contributed by atoms with Gasteiger partial charge in [-0.2, -0.15) is 0 Å². The highest BCUT2D eigenvalue weighted by Crippen LogP contribution is 2.39. The largest absolute Gasteiger partial charge is 0.496 e. The molecule has 1 aliphatic heterocycles. The zero-order valence-corrected chi connectivity index (χ0v) is 24.4. The Morgan fingerprint density at radius 2 is 1.74 bits per heavy atom. The van der Waals surface area contributed by atoms with Gasteiger partial charge in [0.05, 0.1) is 18.9 Å². The first-order valence-corrected chi connectivity index (χ1v) is 14.7. The summed E-state index contributed by atoms with van der Waals surface area (Å²) < 4.78 is 21.2. The van der Waals surface area contributed by atoms with Gasteiger partial charge in [-0.25, -0.2) is 9.37 Å². The molecule has 0 spiro atoms. The van der Waals surface area contributed by atoms with E-state index in [9.17, 15) is 5.11 Å². The van der Waals surface area contributed by atoms with Gasteiger partial charge in [0.25, 0.3) is 0 Å². The Labute approximate surface area is 246 Å². The molecule has 8 heteroatoms. The maximum absolute atomic E-state index is 15.5. The molecular formula is C34H38FN5O2. The van der Waals surface area contributed by atoms with Crippen molar-refractivity contribution in [3.63, 3.8) is 0 Å². The summed E-state index contributed by atoms with van der Waals surface area (Å²) in [4.78, 5) is 4.60. The van der Waals surface area contributed by atoms with Gasteiger partial charge in [-0.15, -0.1) is 0 Å². The highest BCUT2D eigenvalue weighted by molar-refractivity contribution is 5.87. The zero-order valence-electron chi connectivity index (χ0n) is 24.4. The second kappa shape index (κ2) is 12.0. The molecule has 3 aromatic carbocycles. The van der Waals surface area contributed by atoms with Crippen molar-refractivity contribution in [2.75, 3.05) is 36.1 Å². The van der Waals surface area contributed by atoms with Gasteiger partial charge in [-0.05, 0) is 90.8 Å². The van der Waals surface area contributed by atoms with E-state index in [0.717, 1.165) is 88.6 Å². The van der Waals surface area contributed by atoms with E-state index in [-0.39, 0.29) is 18.0 Å². The molecule has 1 aromatic heterocycles. The van der Waals surface area contributed by atoms with Crippen molar-refractivity contribution in [1.29, 1.82) is 0 Å². The summed E-state index contributed by atoms with van der Waals surface area (Å²) in [7, 11) is 1.57. The summed E-state index contributed by atoms with van der Waals surface area (Å²) in [5, 5.41) is 23.9. The van der Waals surface area contributed by atoms with Gasteiger partial charge < -0.3 is 31.1 Å². The molecule has 0 saturated heterocycles. The van der Waals surface area contributed by atoms with E-state index in [0.29, 0.717) is 17.9 Å². The van der Waals surface area contributed by atoms with E-state index >= 15 is 4.39 Å². The Bertz CT molecular complexity index is 1610. The number of hydrogen-bond acceptors (Lipinski definition) is 7. The Balaban J connectivity index is 1.31. The normalized spacial score (nSPS) is 17.7. The van der Waals surface area contributed by atoms with Crippen LogP contribution in [0.3, 0.4) is 0 Å². The molecule has 0 amide bonds. The lowest BCUT2D eigenvalue weighted by molar-refractivity contribution is 0.148. The first kappa shape index (κ1) is 28.0. The molecule has 0 unspecified atom stereocenters. The van der Waals surface area contributed by atoms with Crippen molar-refractivity contribution in [2.45, 2.75) is 51.8 Å². The van der Waals surface area contributed by atoms with Crippen LogP contribution in [0.5, 0.6) is 5.75 Å². The minimum atomic E-state index is -0.385. The number of pyridine rings is 1. The van der Waals surface area contributed by atoms with Crippen LogP contribution in [-0.4, -0.2) is 42.4 Å². The van der Waals surface area contributed by atoms with Crippen molar-refractivity contribution in [3.05, 3.63) is 83.3 Å². The summed E-state index contributed by atoms with van der Waals surface area (Å²) in [6, 6.07) is 17.8. The predicted molar refractivity (Wildman–Crippen MR) is 168 cm³/mol. The molecule has 4 aromatic rings. The molecule has 218 valence electrons. The zero-order chi connectivity index (χ0) is 29.2. The van der Waals surface area contributed by atoms with Crippen molar-refractivity contribution < 1.29 is 14.2 Å². The molecule has 0 radical (unpaired) electrons. The fraction of sp³-hybridized carbons (Fsp3) is 0.324. The van der Waals surface area contributed by atoms with Crippen LogP contribution in [0.4, 0.5) is 27.3 Å². The number of nitrogens with one attached hydrogen (secondary N) is 4. The lowest BCUT2D eigenvalue weighted by atomic mass is 9.90. The quantitative estimate of drug-likeness (QED) is 0.161. The number of aliphatic hydroxyl groups is 1. The Hall–Kier alpha value is -4.14. The maximum atomic E-state index is 15.5. The van der Waals surface area contributed by atoms with Gasteiger partial charge in [0.15, 0.2) is 5.82 Å². The van der Waals surface area contributed by atoms with Crippen LogP contribution in [-0.2, 0) is 6.54 Å². The summed E-state index contributed by atoms with van der Waals surface area (Å²) in [6.07, 6.45) is 4.07. The molecule has 5 N–H and O–H groups in total. The summed E-state index contributed by atoms with van der Waals surface area (Å²) in [5.74, 6) is 0.960. The van der Waals surface area contributed by atoms with Gasteiger partial charge >= 0.3 is 0 Å². The second-order valence-electron chi connectivity index (χ2n) is 11.1. The average Bonchev–Trinajstić information content (AvgIpc) is 3.42. The SMILES string of the molecule is COc1cc(-c2cccc(-c3cccc(Nc4nccc5c4NCCN5)c3C)c2C)cc(F)c1CN[C@@H]1CCC[C@@H]1O. The van der Waals surface area contributed by atoms with Crippen molar-refractivity contribution in [1.82, 2.24) is 10.3 Å². The van der Waals surface area contributed by atoms with Crippen molar-refractivity contribution >= 4 is 22.9 Å². The lowest BCUT2D eigenvalue weighted by Gasteiger charge is -2.23. The predicted octanol–water partition coefficient (Wildman–Crippen LogP) is 6.76. The van der Waals surface area contributed by atoms with E-state index in [2.05, 4.69) is 58.3 Å². The summed E-state index contributed by atoms with van der Waals surface area (Å²) in [6.45, 7) is 6.21. The number of nitrogens with zero attached hydrogens (tertiary/aromatic N) is 1. The number of anilines is 4. The van der Waals surface area contributed by atoms with Crippen molar-refractivity contribution in [2.24, 2.45) is 0 Å². The number of aromatic nitrogens is 1. The van der Waals surface area contributed by atoms with Gasteiger partial charge in [0.1, 0.15) is 17.3 Å². The van der Waals surface area contributed by atoms with Gasteiger partial charge in [-0.3, -0.25) is 0 Å². The molecule has 2 heterocycles. The van der Waals surface area contributed by atoms with Gasteiger partial charge in [0, 0.05) is 43.1 Å². The Morgan fingerprint density at radius 3 is 2.52 bits per heavy atom. The number of fused-ring (bicyclic) bond motifs is 1. The number of benzene rings is 3.